The van der Waals surface area contributed by atoms with E-state index in [9.17, 15) is 18.0 Å². The van der Waals surface area contributed by atoms with Crippen LogP contribution in [0.5, 0.6) is 0 Å². The lowest BCUT2D eigenvalue weighted by molar-refractivity contribution is 0.0593. The van der Waals surface area contributed by atoms with E-state index in [-0.39, 0.29) is 5.56 Å². The minimum absolute atomic E-state index is 0.339. The van der Waals surface area contributed by atoms with Crippen molar-refractivity contribution in [3.8, 4) is 6.07 Å². The van der Waals surface area contributed by atoms with Crippen LogP contribution in [0.15, 0.2) is 12.1 Å². The molecule has 0 N–H and O–H groups in total. The van der Waals surface area contributed by atoms with Crippen molar-refractivity contribution in [3.63, 3.8) is 0 Å². The lowest BCUT2D eigenvalue weighted by Gasteiger charge is -2.07. The van der Waals surface area contributed by atoms with E-state index >= 15 is 0 Å². The second-order valence-electron chi connectivity index (χ2n) is 2.80. The van der Waals surface area contributed by atoms with Gasteiger partial charge in [0, 0.05) is 0 Å². The van der Waals surface area contributed by atoms with Crippen LogP contribution in [0.1, 0.15) is 27.9 Å². The number of nitrogens with zero attached hydrogens (tertiary/aromatic N) is 1. The van der Waals surface area contributed by atoms with E-state index in [2.05, 4.69) is 4.74 Å². The molecule has 0 heterocycles. The van der Waals surface area contributed by atoms with Crippen molar-refractivity contribution in [1.82, 2.24) is 0 Å². The minimum Gasteiger partial charge on any atom is -0.465 e. The minimum atomic E-state index is -3.06. The van der Waals surface area contributed by atoms with Crippen LogP contribution in [0, 0.1) is 17.1 Å². The first kappa shape index (κ1) is 12.0. The average molecular weight is 229 g/mol. The van der Waals surface area contributed by atoms with Crippen LogP contribution in [0.3, 0.4) is 0 Å². The monoisotopic (exact) mass is 229 g/mol. The number of benzene rings is 1. The lowest BCUT2D eigenvalue weighted by Crippen LogP contribution is -2.10. The molecule has 0 aromatic heterocycles. The van der Waals surface area contributed by atoms with Gasteiger partial charge in [-0.2, -0.15) is 5.26 Å². The van der Waals surface area contributed by atoms with E-state index in [0.717, 1.165) is 19.2 Å². The average Bonchev–Trinajstić information content (AvgIpc) is 2.26. The molecule has 0 bridgehead atoms. The molecule has 0 atom stereocenters. The summed E-state index contributed by atoms with van der Waals surface area (Å²) in [6.45, 7) is 0. The Morgan fingerprint density at radius 2 is 2.12 bits per heavy atom. The number of halogens is 3. The number of carbonyl (C=O) groups excluding carboxylic acids is 1. The molecule has 1 aromatic carbocycles. The standard InChI is InChI=1S/C10H6F3NO2/c1-16-10(15)7-5(4-14)2-3-6(8(7)11)9(12)13/h2-3,9H,1H3. The van der Waals surface area contributed by atoms with Crippen LogP contribution in [-0.4, -0.2) is 13.1 Å². The molecular formula is C10H6F3NO2. The molecule has 0 aliphatic rings. The van der Waals surface area contributed by atoms with Crippen LogP contribution in [0.2, 0.25) is 0 Å². The number of alkyl halides is 2. The molecule has 16 heavy (non-hydrogen) atoms. The SMILES string of the molecule is COC(=O)c1c(C#N)ccc(C(F)F)c1F. The third-order valence-corrected chi connectivity index (χ3v) is 1.92. The number of rotatable bonds is 2. The predicted octanol–water partition coefficient (Wildman–Crippen LogP) is 2.42. The van der Waals surface area contributed by atoms with E-state index in [4.69, 9.17) is 5.26 Å². The van der Waals surface area contributed by atoms with Crippen molar-refractivity contribution in [2.45, 2.75) is 6.43 Å². The van der Waals surface area contributed by atoms with Crippen molar-refractivity contribution in [2.75, 3.05) is 7.11 Å². The van der Waals surface area contributed by atoms with E-state index in [1.165, 1.54) is 6.07 Å². The van der Waals surface area contributed by atoms with E-state index in [1.807, 2.05) is 0 Å². The predicted molar refractivity (Wildman–Crippen MR) is 47.4 cm³/mol. The topological polar surface area (TPSA) is 50.1 Å². The number of hydrogen-bond acceptors (Lipinski definition) is 3. The maximum absolute atomic E-state index is 13.5. The van der Waals surface area contributed by atoms with Gasteiger partial charge in [0.25, 0.3) is 6.43 Å². The van der Waals surface area contributed by atoms with E-state index in [0.29, 0.717) is 0 Å². The third-order valence-electron chi connectivity index (χ3n) is 1.92. The van der Waals surface area contributed by atoms with Gasteiger partial charge < -0.3 is 4.74 Å². The highest BCUT2D eigenvalue weighted by molar-refractivity contribution is 5.92. The maximum Gasteiger partial charge on any atom is 0.342 e. The van der Waals surface area contributed by atoms with Gasteiger partial charge in [-0.15, -0.1) is 0 Å². The lowest BCUT2D eigenvalue weighted by atomic mass is 10.0. The molecule has 0 aliphatic carbocycles. The van der Waals surface area contributed by atoms with Crippen molar-refractivity contribution in [3.05, 3.63) is 34.6 Å². The largest absolute Gasteiger partial charge is 0.465 e. The zero-order valence-electron chi connectivity index (χ0n) is 8.13. The van der Waals surface area contributed by atoms with Gasteiger partial charge in [0.15, 0.2) is 0 Å². The molecule has 0 unspecified atom stereocenters. The summed E-state index contributed by atoms with van der Waals surface area (Å²) in [5.74, 6) is -2.57. The summed E-state index contributed by atoms with van der Waals surface area (Å²) < 4.78 is 42.4. The molecule has 1 aromatic rings. The third kappa shape index (κ3) is 1.98. The normalized spacial score (nSPS) is 10.0. The number of ether oxygens (including phenoxy) is 1. The zero-order chi connectivity index (χ0) is 12.3. The van der Waals surface area contributed by atoms with Crippen LogP contribution < -0.4 is 0 Å². The molecule has 0 radical (unpaired) electrons. The molecule has 84 valence electrons. The van der Waals surface area contributed by atoms with Gasteiger partial charge in [0.2, 0.25) is 0 Å². The Balaban J connectivity index is 3.48. The number of hydrogen-bond donors (Lipinski definition) is 0. The van der Waals surface area contributed by atoms with Crippen molar-refractivity contribution in [1.29, 1.82) is 5.26 Å². The van der Waals surface area contributed by atoms with Crippen molar-refractivity contribution in [2.24, 2.45) is 0 Å². The first-order valence-electron chi connectivity index (χ1n) is 4.11. The van der Waals surface area contributed by atoms with Gasteiger partial charge in [-0.3, -0.25) is 0 Å². The van der Waals surface area contributed by atoms with Crippen molar-refractivity contribution < 1.29 is 22.7 Å². The first-order chi connectivity index (χ1) is 7.52. The smallest absolute Gasteiger partial charge is 0.342 e. The molecule has 0 fully saturated rings. The summed E-state index contributed by atoms with van der Waals surface area (Å²) >= 11 is 0. The van der Waals surface area contributed by atoms with Crippen LogP contribution in [0.4, 0.5) is 13.2 Å². The van der Waals surface area contributed by atoms with Crippen LogP contribution in [0.25, 0.3) is 0 Å². The molecule has 0 saturated heterocycles. The molecule has 6 heteroatoms. The quantitative estimate of drug-likeness (QED) is 0.731. The summed E-state index contributed by atoms with van der Waals surface area (Å²) in [5.41, 5.74) is -2.03. The maximum atomic E-state index is 13.5. The summed E-state index contributed by atoms with van der Waals surface area (Å²) in [7, 11) is 0.970. The number of carbonyl (C=O) groups is 1. The molecule has 0 spiro atoms. The van der Waals surface area contributed by atoms with Gasteiger partial charge in [-0.1, -0.05) is 0 Å². The summed E-state index contributed by atoms with van der Waals surface area (Å²) in [5, 5.41) is 8.60. The van der Waals surface area contributed by atoms with Crippen LogP contribution in [-0.2, 0) is 4.74 Å². The van der Waals surface area contributed by atoms with Crippen molar-refractivity contribution >= 4 is 5.97 Å². The van der Waals surface area contributed by atoms with Gasteiger partial charge >= 0.3 is 5.97 Å². The zero-order valence-corrected chi connectivity index (χ0v) is 8.13. The fourth-order valence-electron chi connectivity index (χ4n) is 1.16. The van der Waals surface area contributed by atoms with Gasteiger partial charge in [-0.05, 0) is 12.1 Å². The molecular weight excluding hydrogens is 223 g/mol. The van der Waals surface area contributed by atoms with Crippen LogP contribution >= 0.6 is 0 Å². The Hall–Kier alpha value is -2.03. The summed E-state index contributed by atoms with van der Waals surface area (Å²) in [6, 6.07) is 3.26. The number of esters is 1. The summed E-state index contributed by atoms with van der Waals surface area (Å²) in [6.07, 6.45) is -3.06. The highest BCUT2D eigenvalue weighted by Crippen LogP contribution is 2.26. The highest BCUT2D eigenvalue weighted by atomic mass is 19.3. The summed E-state index contributed by atoms with van der Waals surface area (Å²) in [4.78, 5) is 11.1. The Morgan fingerprint density at radius 1 is 1.50 bits per heavy atom. The first-order valence-corrected chi connectivity index (χ1v) is 4.11. The van der Waals surface area contributed by atoms with Gasteiger partial charge in [-0.25, -0.2) is 18.0 Å². The Morgan fingerprint density at radius 3 is 2.56 bits per heavy atom. The molecule has 1 rings (SSSR count). The molecule has 0 aliphatic heterocycles. The molecule has 0 saturated carbocycles. The highest BCUT2D eigenvalue weighted by Gasteiger charge is 2.24. The fourth-order valence-corrected chi connectivity index (χ4v) is 1.16. The number of methoxy groups -OCH3 is 1. The second-order valence-corrected chi connectivity index (χ2v) is 2.80. The molecule has 3 nitrogen and oxygen atoms in total. The fraction of sp³-hybridized carbons (Fsp3) is 0.200. The van der Waals surface area contributed by atoms with E-state index < -0.39 is 29.3 Å². The number of nitriles is 1. The Labute approximate surface area is 89.1 Å². The van der Waals surface area contributed by atoms with Gasteiger partial charge in [0.1, 0.15) is 17.4 Å². The second kappa shape index (κ2) is 4.66. The molecule has 0 amide bonds. The van der Waals surface area contributed by atoms with E-state index in [1.54, 1.807) is 0 Å². The Bertz CT molecular complexity index is 466. The van der Waals surface area contributed by atoms with Gasteiger partial charge in [0.05, 0.1) is 18.2 Å². The Kier molecular flexibility index (Phi) is 3.51.